The molecule has 0 aromatic carbocycles. The van der Waals surface area contributed by atoms with Crippen LogP contribution in [0.3, 0.4) is 0 Å². The number of carbonyl (C=O) groups excluding carboxylic acids is 2. The molecule has 32 heavy (non-hydrogen) atoms. The Morgan fingerprint density at radius 1 is 1.28 bits per heavy atom. The van der Waals surface area contributed by atoms with Crippen molar-refractivity contribution in [2.45, 2.75) is 38.4 Å². The zero-order chi connectivity index (χ0) is 23.4. The van der Waals surface area contributed by atoms with E-state index in [0.29, 0.717) is 26.3 Å². The number of ether oxygens (including phenoxy) is 1. The molecule has 0 saturated carbocycles. The van der Waals surface area contributed by atoms with Crippen molar-refractivity contribution in [1.29, 1.82) is 0 Å². The Morgan fingerprint density at radius 3 is 2.62 bits per heavy atom. The van der Waals surface area contributed by atoms with Crippen LogP contribution in [0.1, 0.15) is 31.2 Å². The van der Waals surface area contributed by atoms with Gasteiger partial charge in [-0.15, -0.1) is 0 Å². The van der Waals surface area contributed by atoms with Crippen LogP contribution in [0.2, 0.25) is 0 Å². The van der Waals surface area contributed by atoms with Gasteiger partial charge in [0.25, 0.3) is 0 Å². The van der Waals surface area contributed by atoms with E-state index in [-0.39, 0.29) is 23.1 Å². The fraction of sp³-hybridized carbons (Fsp3) is 0.619. The Morgan fingerprint density at radius 2 is 2.03 bits per heavy atom. The second kappa shape index (κ2) is 9.85. The van der Waals surface area contributed by atoms with Gasteiger partial charge in [0, 0.05) is 45.2 Å². The average molecular weight is 457 g/mol. The van der Waals surface area contributed by atoms with Gasteiger partial charge in [-0.3, -0.25) is 14.6 Å². The lowest BCUT2D eigenvalue weighted by Crippen LogP contribution is -2.51. The highest BCUT2D eigenvalue weighted by atomic mass is 19.4. The van der Waals surface area contributed by atoms with Crippen molar-refractivity contribution in [1.82, 2.24) is 14.8 Å². The van der Waals surface area contributed by atoms with Gasteiger partial charge in [0.2, 0.25) is 11.8 Å². The highest BCUT2D eigenvalue weighted by molar-refractivity contribution is 5.87. The Bertz CT molecular complexity index is 830. The number of hydrogen-bond donors (Lipinski definition) is 1. The molecule has 8 nitrogen and oxygen atoms in total. The summed E-state index contributed by atoms with van der Waals surface area (Å²) < 4.78 is 37.1. The van der Waals surface area contributed by atoms with Gasteiger partial charge in [0.05, 0.1) is 17.9 Å². The number of hydrogen-bond acceptors (Lipinski definition) is 5. The third-order valence-corrected chi connectivity index (χ3v) is 6.11. The molecule has 1 spiro atoms. The molecule has 2 amide bonds. The van der Waals surface area contributed by atoms with E-state index in [9.17, 15) is 22.8 Å². The van der Waals surface area contributed by atoms with Gasteiger partial charge in [0.1, 0.15) is 0 Å². The van der Waals surface area contributed by atoms with Gasteiger partial charge in [-0.05, 0) is 37.3 Å². The largest absolute Gasteiger partial charge is 0.490 e. The van der Waals surface area contributed by atoms with E-state index in [1.807, 2.05) is 28.1 Å². The summed E-state index contributed by atoms with van der Waals surface area (Å²) in [4.78, 5) is 42.7. The zero-order valence-corrected chi connectivity index (χ0v) is 17.5. The number of pyridine rings is 1. The summed E-state index contributed by atoms with van der Waals surface area (Å²) in [5, 5.41) is 7.12. The number of alkyl halides is 3. The lowest BCUT2D eigenvalue weighted by molar-refractivity contribution is -0.192. The lowest BCUT2D eigenvalue weighted by Gasteiger charge is -2.40. The van der Waals surface area contributed by atoms with E-state index in [4.69, 9.17) is 14.6 Å². The monoisotopic (exact) mass is 457 g/mol. The van der Waals surface area contributed by atoms with Crippen LogP contribution in [0.15, 0.2) is 24.5 Å². The third-order valence-electron chi connectivity index (χ3n) is 6.11. The molecule has 1 aromatic rings. The van der Waals surface area contributed by atoms with Gasteiger partial charge >= 0.3 is 12.1 Å². The molecule has 1 aromatic heterocycles. The predicted molar refractivity (Wildman–Crippen MR) is 105 cm³/mol. The molecule has 2 atom stereocenters. The number of carboxylic acid groups (broad SMARTS) is 1. The first-order valence-electron chi connectivity index (χ1n) is 10.5. The molecule has 0 bridgehead atoms. The first-order chi connectivity index (χ1) is 15.1. The molecule has 3 aliphatic heterocycles. The summed E-state index contributed by atoms with van der Waals surface area (Å²) in [5.41, 5.74) is 0.676. The number of carboxylic acids is 1. The SMILES string of the molecule is O=C(C1CCOC1)N1CCCC2(CCN(Cc3cccnc3)C2=O)C1.O=C(O)C(F)(F)F. The van der Waals surface area contributed by atoms with Crippen molar-refractivity contribution >= 4 is 17.8 Å². The van der Waals surface area contributed by atoms with E-state index < -0.39 is 12.1 Å². The minimum Gasteiger partial charge on any atom is -0.475 e. The van der Waals surface area contributed by atoms with Crippen molar-refractivity contribution in [2.24, 2.45) is 11.3 Å². The average Bonchev–Trinajstić information content (AvgIpc) is 3.39. The maximum Gasteiger partial charge on any atom is 0.490 e. The zero-order valence-electron chi connectivity index (χ0n) is 17.5. The van der Waals surface area contributed by atoms with E-state index in [2.05, 4.69) is 4.98 Å². The molecule has 3 saturated heterocycles. The number of aromatic nitrogens is 1. The fourth-order valence-corrected chi connectivity index (χ4v) is 4.44. The number of halogens is 3. The first-order valence-corrected chi connectivity index (χ1v) is 10.5. The molecule has 0 radical (unpaired) electrons. The summed E-state index contributed by atoms with van der Waals surface area (Å²) in [7, 11) is 0. The van der Waals surface area contributed by atoms with Crippen LogP contribution in [0.25, 0.3) is 0 Å². The topological polar surface area (TPSA) is 100 Å². The van der Waals surface area contributed by atoms with Gasteiger partial charge < -0.3 is 19.6 Å². The van der Waals surface area contributed by atoms with Crippen LogP contribution >= 0.6 is 0 Å². The molecule has 11 heteroatoms. The third kappa shape index (κ3) is 5.56. The lowest BCUT2D eigenvalue weighted by atomic mass is 9.78. The second-order valence-corrected chi connectivity index (χ2v) is 8.35. The molecule has 3 fully saturated rings. The summed E-state index contributed by atoms with van der Waals surface area (Å²) in [6.07, 6.45) is 1.93. The molecule has 0 aliphatic carbocycles. The smallest absolute Gasteiger partial charge is 0.475 e. The highest BCUT2D eigenvalue weighted by Crippen LogP contribution is 2.41. The van der Waals surface area contributed by atoms with Crippen molar-refractivity contribution in [3.63, 3.8) is 0 Å². The molecular formula is C21H26F3N3O5. The highest BCUT2D eigenvalue weighted by Gasteiger charge is 2.50. The number of rotatable bonds is 3. The minimum atomic E-state index is -5.08. The summed E-state index contributed by atoms with van der Waals surface area (Å²) in [5.74, 6) is -2.39. The molecule has 176 valence electrons. The normalized spacial score (nSPS) is 25.6. The number of amides is 2. The van der Waals surface area contributed by atoms with Crippen molar-refractivity contribution in [3.8, 4) is 0 Å². The minimum absolute atomic E-state index is 0.0156. The van der Waals surface area contributed by atoms with Crippen molar-refractivity contribution in [3.05, 3.63) is 30.1 Å². The van der Waals surface area contributed by atoms with Crippen LogP contribution in [-0.2, 0) is 25.7 Å². The fourth-order valence-electron chi connectivity index (χ4n) is 4.44. The molecule has 4 rings (SSSR count). The first kappa shape index (κ1) is 24.0. The van der Waals surface area contributed by atoms with Crippen LogP contribution < -0.4 is 0 Å². The molecule has 2 unspecified atom stereocenters. The van der Waals surface area contributed by atoms with E-state index in [1.54, 1.807) is 6.20 Å². The Labute approximate surface area is 183 Å². The summed E-state index contributed by atoms with van der Waals surface area (Å²) >= 11 is 0. The van der Waals surface area contributed by atoms with E-state index >= 15 is 0 Å². The Hall–Kier alpha value is -2.69. The number of piperidine rings is 1. The Kier molecular flexibility index (Phi) is 7.37. The van der Waals surface area contributed by atoms with Crippen molar-refractivity contribution < 1.29 is 37.4 Å². The predicted octanol–water partition coefficient (Wildman–Crippen LogP) is 2.09. The van der Waals surface area contributed by atoms with Gasteiger partial charge in [-0.25, -0.2) is 4.79 Å². The van der Waals surface area contributed by atoms with Crippen LogP contribution in [0, 0.1) is 11.3 Å². The molecule has 4 heterocycles. The number of aliphatic carboxylic acids is 1. The summed E-state index contributed by atoms with van der Waals surface area (Å²) in [6, 6.07) is 3.90. The van der Waals surface area contributed by atoms with E-state index in [1.165, 1.54) is 0 Å². The Balaban J connectivity index is 0.000000360. The van der Waals surface area contributed by atoms with Gasteiger partial charge in [-0.1, -0.05) is 6.07 Å². The van der Waals surface area contributed by atoms with Gasteiger partial charge in [-0.2, -0.15) is 13.2 Å². The van der Waals surface area contributed by atoms with Crippen LogP contribution in [0.4, 0.5) is 13.2 Å². The number of carbonyl (C=O) groups is 3. The van der Waals surface area contributed by atoms with Crippen molar-refractivity contribution in [2.75, 3.05) is 32.8 Å². The molecule has 3 aliphatic rings. The maximum absolute atomic E-state index is 13.1. The van der Waals surface area contributed by atoms with Crippen LogP contribution in [-0.4, -0.2) is 76.7 Å². The standard InChI is InChI=1S/C19H25N3O3.C2HF3O2/c23-17(16-4-10-25-13-16)22-8-2-5-19(14-22)6-9-21(18(19)24)12-15-3-1-7-20-11-15;3-2(4,5)1(6)7/h1,3,7,11,16H,2,4-6,8-10,12-14H2;(H,6,7). The van der Waals surface area contributed by atoms with Gasteiger partial charge in [0.15, 0.2) is 0 Å². The number of likely N-dealkylation sites (tertiary alicyclic amines) is 2. The second-order valence-electron chi connectivity index (χ2n) is 8.35. The summed E-state index contributed by atoms with van der Waals surface area (Å²) in [6.45, 7) is 3.93. The quantitative estimate of drug-likeness (QED) is 0.746. The number of nitrogens with zero attached hydrogens (tertiary/aromatic N) is 3. The van der Waals surface area contributed by atoms with E-state index in [0.717, 1.165) is 44.3 Å². The van der Waals surface area contributed by atoms with Crippen LogP contribution in [0.5, 0.6) is 0 Å². The molecule has 1 N–H and O–H groups in total. The molecular weight excluding hydrogens is 431 g/mol. The maximum atomic E-state index is 13.1.